The summed E-state index contributed by atoms with van der Waals surface area (Å²) in [6.45, 7) is 0.722. The summed E-state index contributed by atoms with van der Waals surface area (Å²) in [6.07, 6.45) is 0. The lowest BCUT2D eigenvalue weighted by atomic mass is 10.3. The lowest BCUT2D eigenvalue weighted by molar-refractivity contribution is -0.140. The van der Waals surface area contributed by atoms with Gasteiger partial charge in [0.25, 0.3) is 0 Å². The van der Waals surface area contributed by atoms with Crippen LogP contribution in [0.5, 0.6) is 0 Å². The summed E-state index contributed by atoms with van der Waals surface area (Å²) in [7, 11) is -3.31. The maximum atomic E-state index is 13.6. The highest BCUT2D eigenvalue weighted by atomic mass is 32.2. The zero-order valence-corrected chi connectivity index (χ0v) is 11.7. The first-order valence-electron chi connectivity index (χ1n) is 5.55. The van der Waals surface area contributed by atoms with E-state index < -0.39 is 39.1 Å². The average Bonchev–Trinajstić information content (AvgIpc) is 2.39. The first-order chi connectivity index (χ1) is 9.23. The van der Waals surface area contributed by atoms with Crippen LogP contribution in [-0.4, -0.2) is 38.9 Å². The van der Waals surface area contributed by atoms with Gasteiger partial charge < -0.3 is 10.5 Å². The van der Waals surface area contributed by atoms with Crippen LogP contribution in [-0.2, 0) is 19.6 Å². The summed E-state index contributed by atoms with van der Waals surface area (Å²) in [6, 6.07) is 1.47. The van der Waals surface area contributed by atoms with Gasteiger partial charge in [0.2, 0.25) is 10.0 Å². The van der Waals surface area contributed by atoms with Crippen molar-refractivity contribution in [2.24, 2.45) is 0 Å². The van der Waals surface area contributed by atoms with Crippen LogP contribution in [0.3, 0.4) is 0 Å². The third kappa shape index (κ3) is 3.23. The highest BCUT2D eigenvalue weighted by molar-refractivity contribution is 7.89. The van der Waals surface area contributed by atoms with Crippen molar-refractivity contribution < 1.29 is 26.7 Å². The second-order valence-electron chi connectivity index (χ2n) is 3.82. The molecular formula is C11H14F2N2O4S. The number of rotatable bonds is 5. The van der Waals surface area contributed by atoms with Crippen LogP contribution in [0.25, 0.3) is 0 Å². The van der Waals surface area contributed by atoms with Gasteiger partial charge in [0.1, 0.15) is 11.4 Å². The van der Waals surface area contributed by atoms with E-state index in [-0.39, 0.29) is 12.2 Å². The average molecular weight is 308 g/mol. The van der Waals surface area contributed by atoms with E-state index in [4.69, 9.17) is 5.73 Å². The lowest BCUT2D eigenvalue weighted by Crippen LogP contribution is -2.36. The van der Waals surface area contributed by atoms with Gasteiger partial charge in [0, 0.05) is 12.2 Å². The van der Waals surface area contributed by atoms with Crippen molar-refractivity contribution in [3.8, 4) is 0 Å². The molecule has 0 saturated heterocycles. The minimum atomic E-state index is -4.39. The number of nitrogen functional groups attached to an aromatic ring is 1. The molecule has 0 bridgehead atoms. The van der Waals surface area contributed by atoms with Crippen LogP contribution >= 0.6 is 0 Å². The molecule has 0 aliphatic rings. The molecule has 0 aliphatic heterocycles. The maximum absolute atomic E-state index is 13.6. The van der Waals surface area contributed by atoms with Crippen molar-refractivity contribution in [2.45, 2.75) is 11.8 Å². The molecule has 1 aromatic carbocycles. The molecule has 0 spiro atoms. The Morgan fingerprint density at radius 3 is 2.50 bits per heavy atom. The van der Waals surface area contributed by atoms with E-state index in [1.807, 2.05) is 0 Å². The van der Waals surface area contributed by atoms with Crippen molar-refractivity contribution in [3.05, 3.63) is 23.8 Å². The van der Waals surface area contributed by atoms with E-state index in [0.717, 1.165) is 13.2 Å². The van der Waals surface area contributed by atoms with Gasteiger partial charge in [-0.25, -0.2) is 17.2 Å². The maximum Gasteiger partial charge on any atom is 0.321 e. The number of anilines is 1. The predicted octanol–water partition coefficient (Wildman–Crippen LogP) is 0.731. The number of carbonyl (C=O) groups excluding carboxylic acids is 1. The third-order valence-electron chi connectivity index (χ3n) is 2.52. The third-order valence-corrected chi connectivity index (χ3v) is 4.44. The number of halogens is 2. The Morgan fingerprint density at radius 1 is 1.40 bits per heavy atom. The SMILES string of the molecule is CCN(CC(=O)OC)S(=O)(=O)c1cc(N)cc(F)c1F. The second kappa shape index (κ2) is 6.14. The minimum Gasteiger partial charge on any atom is -0.468 e. The Bertz CT molecular complexity index is 619. The fraction of sp³-hybridized carbons (Fsp3) is 0.364. The normalized spacial score (nSPS) is 11.7. The first kappa shape index (κ1) is 16.3. The summed E-state index contributed by atoms with van der Waals surface area (Å²) in [4.78, 5) is 10.2. The molecule has 6 nitrogen and oxygen atoms in total. The Morgan fingerprint density at radius 2 is 2.00 bits per heavy atom. The highest BCUT2D eigenvalue weighted by Crippen LogP contribution is 2.24. The Hall–Kier alpha value is -1.74. The van der Waals surface area contributed by atoms with Gasteiger partial charge in [-0.3, -0.25) is 4.79 Å². The Balaban J connectivity index is 3.31. The van der Waals surface area contributed by atoms with Gasteiger partial charge in [-0.2, -0.15) is 4.31 Å². The number of nitrogens with two attached hydrogens (primary N) is 1. The Kier molecular flexibility index (Phi) is 5.01. The molecule has 20 heavy (non-hydrogen) atoms. The number of esters is 1. The van der Waals surface area contributed by atoms with Crippen LogP contribution in [0.1, 0.15) is 6.92 Å². The fourth-order valence-corrected chi connectivity index (χ4v) is 2.99. The first-order valence-corrected chi connectivity index (χ1v) is 6.99. The van der Waals surface area contributed by atoms with E-state index in [1.165, 1.54) is 6.92 Å². The number of carbonyl (C=O) groups is 1. The van der Waals surface area contributed by atoms with Crippen LogP contribution in [0.15, 0.2) is 17.0 Å². The van der Waals surface area contributed by atoms with Crippen molar-refractivity contribution in [1.82, 2.24) is 4.31 Å². The second-order valence-corrected chi connectivity index (χ2v) is 5.73. The smallest absolute Gasteiger partial charge is 0.321 e. The zero-order valence-electron chi connectivity index (χ0n) is 10.9. The van der Waals surface area contributed by atoms with Crippen molar-refractivity contribution in [3.63, 3.8) is 0 Å². The molecule has 0 saturated carbocycles. The largest absolute Gasteiger partial charge is 0.468 e. The molecule has 0 radical (unpaired) electrons. The van der Waals surface area contributed by atoms with Gasteiger partial charge in [-0.1, -0.05) is 6.92 Å². The number of benzene rings is 1. The molecule has 0 atom stereocenters. The molecule has 112 valence electrons. The molecule has 0 aromatic heterocycles. The van der Waals surface area contributed by atoms with Crippen molar-refractivity contribution in [2.75, 3.05) is 25.9 Å². The summed E-state index contributed by atoms with van der Waals surface area (Å²) in [5.41, 5.74) is 5.07. The lowest BCUT2D eigenvalue weighted by Gasteiger charge is -2.19. The van der Waals surface area contributed by atoms with E-state index >= 15 is 0 Å². The van der Waals surface area contributed by atoms with Crippen LogP contribution in [0, 0.1) is 11.6 Å². The number of ether oxygens (including phenoxy) is 1. The predicted molar refractivity (Wildman–Crippen MR) is 67.2 cm³/mol. The van der Waals surface area contributed by atoms with E-state index in [9.17, 15) is 22.0 Å². The van der Waals surface area contributed by atoms with Crippen LogP contribution in [0.4, 0.5) is 14.5 Å². The minimum absolute atomic E-state index is 0.118. The molecule has 0 aliphatic carbocycles. The van der Waals surface area contributed by atoms with Crippen LogP contribution < -0.4 is 5.73 Å². The molecule has 9 heteroatoms. The van der Waals surface area contributed by atoms with Gasteiger partial charge in [0.05, 0.1) is 7.11 Å². The summed E-state index contributed by atoms with van der Waals surface area (Å²) >= 11 is 0. The molecule has 0 amide bonds. The molecule has 0 heterocycles. The van der Waals surface area contributed by atoms with Gasteiger partial charge in [-0.15, -0.1) is 0 Å². The summed E-state index contributed by atoms with van der Waals surface area (Å²) in [5.74, 6) is -3.74. The number of nitrogens with zero attached hydrogens (tertiary/aromatic N) is 1. The molecule has 2 N–H and O–H groups in total. The van der Waals surface area contributed by atoms with Crippen molar-refractivity contribution in [1.29, 1.82) is 0 Å². The molecule has 1 aromatic rings. The summed E-state index contributed by atoms with van der Waals surface area (Å²) < 4.78 is 56.3. The monoisotopic (exact) mass is 308 g/mol. The number of methoxy groups -OCH3 is 1. The number of hydrogen-bond acceptors (Lipinski definition) is 5. The summed E-state index contributed by atoms with van der Waals surface area (Å²) in [5, 5.41) is 0. The van der Waals surface area contributed by atoms with Crippen molar-refractivity contribution >= 4 is 21.7 Å². The van der Waals surface area contributed by atoms with E-state index in [1.54, 1.807) is 0 Å². The topological polar surface area (TPSA) is 89.7 Å². The quantitative estimate of drug-likeness (QED) is 0.640. The molecule has 0 fully saturated rings. The molecule has 1 rings (SSSR count). The standard InChI is InChI=1S/C11H14F2N2O4S/c1-3-15(6-10(16)19-2)20(17,18)9-5-7(14)4-8(12)11(9)13/h4-5H,3,6,14H2,1-2H3. The fourth-order valence-electron chi connectivity index (χ4n) is 1.49. The number of hydrogen-bond donors (Lipinski definition) is 1. The van der Waals surface area contributed by atoms with Gasteiger partial charge in [-0.05, 0) is 12.1 Å². The van der Waals surface area contributed by atoms with Gasteiger partial charge >= 0.3 is 5.97 Å². The van der Waals surface area contributed by atoms with E-state index in [2.05, 4.69) is 4.74 Å². The Labute approximate surface area is 115 Å². The number of likely N-dealkylation sites (N-methyl/N-ethyl adjacent to an activating group) is 1. The van der Waals surface area contributed by atoms with Gasteiger partial charge in [0.15, 0.2) is 11.6 Å². The highest BCUT2D eigenvalue weighted by Gasteiger charge is 2.30. The molecular weight excluding hydrogens is 294 g/mol. The number of sulfonamides is 1. The van der Waals surface area contributed by atoms with Crippen LogP contribution in [0.2, 0.25) is 0 Å². The molecule has 0 unspecified atom stereocenters. The van der Waals surface area contributed by atoms with E-state index in [0.29, 0.717) is 10.4 Å². The zero-order chi connectivity index (χ0) is 15.5.